The summed E-state index contributed by atoms with van der Waals surface area (Å²) in [7, 11) is 1.56. The highest BCUT2D eigenvalue weighted by atomic mass is 19.4. The Bertz CT molecular complexity index is 964. The van der Waals surface area contributed by atoms with Crippen molar-refractivity contribution in [2.75, 3.05) is 12.0 Å². The van der Waals surface area contributed by atoms with Gasteiger partial charge in [-0.2, -0.15) is 18.3 Å². The van der Waals surface area contributed by atoms with Crippen LogP contribution in [-0.2, 0) is 6.18 Å². The van der Waals surface area contributed by atoms with E-state index < -0.39 is 11.7 Å². The molecule has 0 fully saturated rings. The molecule has 1 unspecified atom stereocenters. The third-order valence-corrected chi connectivity index (χ3v) is 4.77. The van der Waals surface area contributed by atoms with E-state index in [0.717, 1.165) is 29.2 Å². The molecule has 0 radical (unpaired) electrons. The lowest BCUT2D eigenvalue weighted by Crippen LogP contribution is -2.46. The number of fused-ring (bicyclic) bond motifs is 3. The molecule has 0 amide bonds. The number of nitrogens with zero attached hydrogens (tertiary/aromatic N) is 2. The minimum absolute atomic E-state index is 0.386. The molecular formula is C19H17F3N4O. The van der Waals surface area contributed by atoms with Crippen molar-refractivity contribution >= 4 is 17.1 Å². The van der Waals surface area contributed by atoms with Gasteiger partial charge in [-0.05, 0) is 42.8 Å². The zero-order valence-corrected chi connectivity index (χ0v) is 14.6. The molecule has 0 aromatic heterocycles. The molecule has 0 aliphatic carbocycles. The fourth-order valence-electron chi connectivity index (χ4n) is 3.47. The van der Waals surface area contributed by atoms with Crippen LogP contribution < -0.4 is 20.8 Å². The van der Waals surface area contributed by atoms with E-state index in [0.29, 0.717) is 22.6 Å². The Morgan fingerprint density at radius 1 is 1.15 bits per heavy atom. The van der Waals surface area contributed by atoms with E-state index >= 15 is 0 Å². The summed E-state index contributed by atoms with van der Waals surface area (Å²) in [6.45, 7) is 1.86. The molecular weight excluding hydrogens is 357 g/mol. The van der Waals surface area contributed by atoms with Gasteiger partial charge in [0.1, 0.15) is 11.6 Å². The summed E-state index contributed by atoms with van der Waals surface area (Å²) in [6.07, 6.45) is -4.77. The van der Waals surface area contributed by atoms with E-state index in [-0.39, 0.29) is 6.17 Å². The van der Waals surface area contributed by atoms with Crippen LogP contribution in [0.5, 0.6) is 5.75 Å². The molecule has 1 atom stereocenters. The summed E-state index contributed by atoms with van der Waals surface area (Å²) < 4.78 is 44.1. The van der Waals surface area contributed by atoms with Crippen LogP contribution in [0.1, 0.15) is 23.6 Å². The third kappa shape index (κ3) is 2.68. The van der Waals surface area contributed by atoms with Crippen molar-refractivity contribution in [1.29, 1.82) is 0 Å². The quantitative estimate of drug-likeness (QED) is 0.844. The van der Waals surface area contributed by atoms with Crippen LogP contribution in [0.3, 0.4) is 0 Å². The second-order valence-electron chi connectivity index (χ2n) is 6.35. The van der Waals surface area contributed by atoms with E-state index in [1.807, 2.05) is 30.0 Å². The number of ether oxygens (including phenoxy) is 1. The highest BCUT2D eigenvalue weighted by Gasteiger charge is 2.37. The van der Waals surface area contributed by atoms with Crippen LogP contribution in [-0.4, -0.2) is 19.1 Å². The van der Waals surface area contributed by atoms with Gasteiger partial charge in [-0.1, -0.05) is 12.1 Å². The summed E-state index contributed by atoms with van der Waals surface area (Å²) in [4.78, 5) is 1.96. The minimum Gasteiger partial charge on any atom is -0.497 e. The van der Waals surface area contributed by atoms with Crippen molar-refractivity contribution in [3.63, 3.8) is 0 Å². The lowest BCUT2D eigenvalue weighted by molar-refractivity contribution is -0.137. The molecule has 4 rings (SSSR count). The summed E-state index contributed by atoms with van der Waals surface area (Å²) in [5, 5.41) is 4.25. The van der Waals surface area contributed by atoms with E-state index in [1.165, 1.54) is 12.1 Å². The summed E-state index contributed by atoms with van der Waals surface area (Å²) >= 11 is 0. The molecule has 2 aliphatic rings. The van der Waals surface area contributed by atoms with Gasteiger partial charge in [0.2, 0.25) is 0 Å². The Morgan fingerprint density at radius 2 is 1.85 bits per heavy atom. The van der Waals surface area contributed by atoms with Gasteiger partial charge < -0.3 is 15.4 Å². The molecule has 2 aromatic carbocycles. The molecule has 8 heteroatoms. The van der Waals surface area contributed by atoms with Gasteiger partial charge in [0, 0.05) is 11.1 Å². The predicted octanol–water partition coefficient (Wildman–Crippen LogP) is 3.51. The smallest absolute Gasteiger partial charge is 0.416 e. The molecule has 0 saturated carbocycles. The number of alkyl halides is 3. The lowest BCUT2D eigenvalue weighted by atomic mass is 9.89. The number of halogens is 3. The van der Waals surface area contributed by atoms with Gasteiger partial charge in [0.25, 0.3) is 0 Å². The van der Waals surface area contributed by atoms with Crippen LogP contribution in [0.4, 0.5) is 18.9 Å². The number of benzene rings is 2. The molecule has 5 nitrogen and oxygen atoms in total. The van der Waals surface area contributed by atoms with Crippen molar-refractivity contribution in [3.8, 4) is 5.75 Å². The molecule has 0 spiro atoms. The van der Waals surface area contributed by atoms with Gasteiger partial charge in [0.05, 0.1) is 24.1 Å². The number of hydrogen-bond acceptors (Lipinski definition) is 5. The number of amidine groups is 1. The zero-order chi connectivity index (χ0) is 19.3. The van der Waals surface area contributed by atoms with E-state index in [9.17, 15) is 13.2 Å². The number of hydrogen-bond donors (Lipinski definition) is 2. The average molecular weight is 374 g/mol. The topological polar surface area (TPSA) is 62.9 Å². The van der Waals surface area contributed by atoms with Crippen molar-refractivity contribution in [3.05, 3.63) is 64.9 Å². The minimum atomic E-state index is -4.39. The Labute approximate surface area is 153 Å². The number of nitrogens with one attached hydrogen (secondary N) is 1. The largest absolute Gasteiger partial charge is 0.497 e. The molecule has 0 saturated heterocycles. The first kappa shape index (κ1) is 17.3. The van der Waals surface area contributed by atoms with Crippen molar-refractivity contribution < 1.29 is 17.9 Å². The van der Waals surface area contributed by atoms with Crippen molar-refractivity contribution in [2.45, 2.75) is 19.3 Å². The van der Waals surface area contributed by atoms with E-state index in [1.54, 1.807) is 7.11 Å². The van der Waals surface area contributed by atoms with Gasteiger partial charge in [-0.25, -0.2) is 0 Å². The average Bonchev–Trinajstić information content (AvgIpc) is 3.03. The predicted molar refractivity (Wildman–Crippen MR) is 97.2 cm³/mol. The van der Waals surface area contributed by atoms with Gasteiger partial charge in [-0.15, -0.1) is 0 Å². The number of methoxy groups -OCH3 is 1. The van der Waals surface area contributed by atoms with E-state index in [4.69, 9.17) is 10.5 Å². The molecule has 0 bridgehead atoms. The van der Waals surface area contributed by atoms with Crippen molar-refractivity contribution in [1.82, 2.24) is 5.43 Å². The number of hydrazone groups is 1. The van der Waals surface area contributed by atoms with Crippen LogP contribution in [0.25, 0.3) is 5.57 Å². The molecule has 2 aromatic rings. The monoisotopic (exact) mass is 374 g/mol. The van der Waals surface area contributed by atoms with Gasteiger partial charge >= 0.3 is 6.18 Å². The molecule has 140 valence electrons. The Morgan fingerprint density at radius 3 is 2.48 bits per heavy atom. The molecule has 2 heterocycles. The lowest BCUT2D eigenvalue weighted by Gasteiger charge is -2.35. The van der Waals surface area contributed by atoms with Gasteiger partial charge in [0.15, 0.2) is 6.17 Å². The highest BCUT2D eigenvalue weighted by Crippen LogP contribution is 2.43. The SMILES string of the molecule is COc1ccc2c(c1)C(c1ccc(C(F)(F)F)cc1)=C(N)C1NN=C(C)N21. The fraction of sp³-hybridized carbons (Fsp3) is 0.211. The highest BCUT2D eigenvalue weighted by molar-refractivity contribution is 6.05. The number of rotatable bonds is 2. The van der Waals surface area contributed by atoms with Crippen LogP contribution in [0, 0.1) is 0 Å². The molecule has 2 aliphatic heterocycles. The van der Waals surface area contributed by atoms with Crippen LogP contribution >= 0.6 is 0 Å². The first-order valence-electron chi connectivity index (χ1n) is 8.26. The number of nitrogens with two attached hydrogens (primary N) is 1. The van der Waals surface area contributed by atoms with Crippen LogP contribution in [0.15, 0.2) is 53.3 Å². The normalized spacial score (nSPS) is 18.6. The molecule has 3 N–H and O–H groups in total. The summed E-state index contributed by atoms with van der Waals surface area (Å²) in [5.74, 6) is 1.38. The third-order valence-electron chi connectivity index (χ3n) is 4.77. The van der Waals surface area contributed by atoms with Crippen LogP contribution in [0.2, 0.25) is 0 Å². The second-order valence-corrected chi connectivity index (χ2v) is 6.35. The van der Waals surface area contributed by atoms with Crippen molar-refractivity contribution in [2.24, 2.45) is 10.8 Å². The Kier molecular flexibility index (Phi) is 3.80. The Hall–Kier alpha value is -3.16. The maximum Gasteiger partial charge on any atom is 0.416 e. The maximum absolute atomic E-state index is 12.9. The first-order chi connectivity index (χ1) is 12.8. The standard InChI is InChI=1S/C19H17F3N4O/c1-10-24-25-18-17(23)16(11-3-5-12(6-4-11)19(20,21)22)14-9-13(27-2)7-8-15(14)26(10)18/h3-9,18,25H,23H2,1-2H3. The second kappa shape index (κ2) is 5.94. The fourth-order valence-corrected chi connectivity index (χ4v) is 3.47. The number of anilines is 1. The summed E-state index contributed by atoms with van der Waals surface area (Å²) in [6, 6.07) is 10.5. The maximum atomic E-state index is 12.9. The molecule has 27 heavy (non-hydrogen) atoms. The summed E-state index contributed by atoms with van der Waals surface area (Å²) in [5.41, 5.74) is 12.1. The zero-order valence-electron chi connectivity index (χ0n) is 14.6. The van der Waals surface area contributed by atoms with Gasteiger partial charge in [-0.3, -0.25) is 5.43 Å². The Balaban J connectivity index is 1.89. The first-order valence-corrected chi connectivity index (χ1v) is 8.26. The van der Waals surface area contributed by atoms with E-state index in [2.05, 4.69) is 10.5 Å².